The van der Waals surface area contributed by atoms with Crippen LogP contribution < -0.4 is 0 Å². The molecule has 0 heterocycles. The SMILES string of the molecule is CC(C)C(C)C(=O)N(C)CCC(=O)CC(F)(F)F. The third-order valence-corrected chi connectivity index (χ3v) is 2.89. The van der Waals surface area contributed by atoms with E-state index in [-0.39, 0.29) is 30.7 Å². The molecule has 0 aromatic carbocycles. The van der Waals surface area contributed by atoms with Crippen molar-refractivity contribution in [1.29, 1.82) is 0 Å². The third-order valence-electron chi connectivity index (χ3n) is 2.89. The summed E-state index contributed by atoms with van der Waals surface area (Å²) in [7, 11) is 1.50. The average Bonchev–Trinajstić information content (AvgIpc) is 2.21. The molecule has 0 aromatic rings. The van der Waals surface area contributed by atoms with E-state index in [2.05, 4.69) is 0 Å². The highest BCUT2D eigenvalue weighted by Gasteiger charge is 2.31. The summed E-state index contributed by atoms with van der Waals surface area (Å²) in [6, 6.07) is 0. The van der Waals surface area contributed by atoms with Crippen molar-refractivity contribution in [3.8, 4) is 0 Å². The van der Waals surface area contributed by atoms with Crippen molar-refractivity contribution in [3.05, 3.63) is 0 Å². The fourth-order valence-electron chi connectivity index (χ4n) is 1.35. The number of hydrogen-bond acceptors (Lipinski definition) is 2. The molecule has 1 atom stereocenters. The van der Waals surface area contributed by atoms with E-state index in [9.17, 15) is 22.8 Å². The predicted molar refractivity (Wildman–Crippen MR) is 61.9 cm³/mol. The van der Waals surface area contributed by atoms with Crippen molar-refractivity contribution < 1.29 is 22.8 Å². The minimum Gasteiger partial charge on any atom is -0.345 e. The van der Waals surface area contributed by atoms with Crippen molar-refractivity contribution in [2.45, 2.75) is 39.8 Å². The fourth-order valence-corrected chi connectivity index (χ4v) is 1.35. The molecular formula is C12H20F3NO2. The van der Waals surface area contributed by atoms with Gasteiger partial charge < -0.3 is 4.90 Å². The van der Waals surface area contributed by atoms with Gasteiger partial charge in [0.05, 0.1) is 0 Å². The van der Waals surface area contributed by atoms with Crippen LogP contribution >= 0.6 is 0 Å². The quantitative estimate of drug-likeness (QED) is 0.742. The maximum Gasteiger partial charge on any atom is 0.395 e. The molecule has 6 heteroatoms. The van der Waals surface area contributed by atoms with E-state index < -0.39 is 18.4 Å². The molecule has 0 bridgehead atoms. The van der Waals surface area contributed by atoms with Gasteiger partial charge in [0.15, 0.2) is 0 Å². The van der Waals surface area contributed by atoms with Crippen LogP contribution in [0.15, 0.2) is 0 Å². The zero-order chi connectivity index (χ0) is 14.5. The summed E-state index contributed by atoms with van der Waals surface area (Å²) in [5.74, 6) is -1.08. The lowest BCUT2D eigenvalue weighted by atomic mass is 9.96. The first-order valence-electron chi connectivity index (χ1n) is 5.88. The Morgan fingerprint density at radius 2 is 1.67 bits per heavy atom. The summed E-state index contributed by atoms with van der Waals surface area (Å²) in [5, 5.41) is 0. The lowest BCUT2D eigenvalue weighted by Crippen LogP contribution is -2.35. The number of hydrogen-bond donors (Lipinski definition) is 0. The standard InChI is InChI=1S/C12H20F3NO2/c1-8(2)9(3)11(18)16(4)6-5-10(17)7-12(13,14)15/h8-9H,5-7H2,1-4H3. The van der Waals surface area contributed by atoms with Crippen molar-refractivity contribution in [1.82, 2.24) is 4.90 Å². The van der Waals surface area contributed by atoms with Gasteiger partial charge in [0.2, 0.25) is 5.91 Å². The van der Waals surface area contributed by atoms with Gasteiger partial charge in [-0.25, -0.2) is 0 Å². The first-order chi connectivity index (χ1) is 8.04. The van der Waals surface area contributed by atoms with Crippen LogP contribution in [0.5, 0.6) is 0 Å². The van der Waals surface area contributed by atoms with Crippen LogP contribution in [0.4, 0.5) is 13.2 Å². The Hall–Kier alpha value is -1.07. The molecule has 0 N–H and O–H groups in total. The molecule has 0 spiro atoms. The van der Waals surface area contributed by atoms with Gasteiger partial charge in [-0.1, -0.05) is 20.8 Å². The second kappa shape index (κ2) is 6.75. The maximum atomic E-state index is 11.9. The lowest BCUT2D eigenvalue weighted by Gasteiger charge is -2.23. The Morgan fingerprint density at radius 3 is 2.06 bits per heavy atom. The Labute approximate surface area is 105 Å². The Morgan fingerprint density at radius 1 is 1.17 bits per heavy atom. The molecule has 0 fully saturated rings. The highest BCUT2D eigenvalue weighted by atomic mass is 19.4. The van der Waals surface area contributed by atoms with E-state index in [0.717, 1.165) is 0 Å². The van der Waals surface area contributed by atoms with Crippen LogP contribution in [0.1, 0.15) is 33.6 Å². The fraction of sp³-hybridized carbons (Fsp3) is 0.833. The van der Waals surface area contributed by atoms with Gasteiger partial charge >= 0.3 is 6.18 Å². The Bertz CT molecular complexity index is 300. The molecule has 0 aliphatic carbocycles. The molecule has 18 heavy (non-hydrogen) atoms. The molecule has 0 aliphatic heterocycles. The molecule has 106 valence electrons. The van der Waals surface area contributed by atoms with Crippen LogP contribution in [0.2, 0.25) is 0 Å². The van der Waals surface area contributed by atoms with Crippen LogP contribution in [-0.4, -0.2) is 36.4 Å². The highest BCUT2D eigenvalue weighted by Crippen LogP contribution is 2.20. The molecule has 0 saturated heterocycles. The maximum absolute atomic E-state index is 11.9. The van der Waals surface area contributed by atoms with Gasteiger partial charge in [0, 0.05) is 25.9 Å². The largest absolute Gasteiger partial charge is 0.395 e. The summed E-state index contributed by atoms with van der Waals surface area (Å²) < 4.78 is 35.8. The van der Waals surface area contributed by atoms with Gasteiger partial charge in [-0.2, -0.15) is 13.2 Å². The van der Waals surface area contributed by atoms with E-state index in [1.165, 1.54) is 11.9 Å². The smallest absolute Gasteiger partial charge is 0.345 e. The average molecular weight is 267 g/mol. The van der Waals surface area contributed by atoms with E-state index in [1.807, 2.05) is 13.8 Å². The zero-order valence-corrected chi connectivity index (χ0v) is 11.2. The molecule has 0 aliphatic rings. The molecule has 1 unspecified atom stereocenters. The molecule has 3 nitrogen and oxygen atoms in total. The van der Waals surface area contributed by atoms with Crippen molar-refractivity contribution >= 4 is 11.7 Å². The molecule has 1 amide bonds. The van der Waals surface area contributed by atoms with Crippen LogP contribution in [0.3, 0.4) is 0 Å². The number of ketones is 1. The van der Waals surface area contributed by atoms with E-state index in [0.29, 0.717) is 0 Å². The molecule has 0 saturated carbocycles. The summed E-state index contributed by atoms with van der Waals surface area (Å²) in [6.07, 6.45) is -6.15. The Balaban J connectivity index is 4.15. The van der Waals surface area contributed by atoms with Crippen molar-refractivity contribution in [3.63, 3.8) is 0 Å². The predicted octanol–water partition coefficient (Wildman–Crippen LogP) is 2.65. The monoisotopic (exact) mass is 267 g/mol. The number of halogens is 3. The normalized spacial score (nSPS) is 13.6. The topological polar surface area (TPSA) is 37.4 Å². The van der Waals surface area contributed by atoms with Gasteiger partial charge in [-0.15, -0.1) is 0 Å². The molecule has 0 rings (SSSR count). The van der Waals surface area contributed by atoms with Crippen LogP contribution in [0, 0.1) is 11.8 Å². The number of rotatable bonds is 6. The lowest BCUT2D eigenvalue weighted by molar-refractivity contribution is -0.152. The van der Waals surface area contributed by atoms with Crippen molar-refractivity contribution in [2.24, 2.45) is 11.8 Å². The number of Topliss-reactive ketones (excluding diaryl/α,β-unsaturated/α-hetero) is 1. The van der Waals surface area contributed by atoms with E-state index in [4.69, 9.17) is 0 Å². The van der Waals surface area contributed by atoms with Crippen LogP contribution in [0.25, 0.3) is 0 Å². The molecule has 0 radical (unpaired) electrons. The summed E-state index contributed by atoms with van der Waals surface area (Å²) >= 11 is 0. The molecule has 0 aromatic heterocycles. The summed E-state index contributed by atoms with van der Waals surface area (Å²) in [5.41, 5.74) is 0. The van der Waals surface area contributed by atoms with Gasteiger partial charge in [-0.3, -0.25) is 9.59 Å². The number of alkyl halides is 3. The van der Waals surface area contributed by atoms with E-state index in [1.54, 1.807) is 6.92 Å². The second-order valence-electron chi connectivity index (χ2n) is 4.87. The number of amides is 1. The first kappa shape index (κ1) is 16.9. The summed E-state index contributed by atoms with van der Waals surface area (Å²) in [4.78, 5) is 24.1. The van der Waals surface area contributed by atoms with Gasteiger partial charge in [0.1, 0.15) is 12.2 Å². The number of carbonyl (C=O) groups is 2. The second-order valence-corrected chi connectivity index (χ2v) is 4.87. The minimum absolute atomic E-state index is 0.0325. The number of carbonyl (C=O) groups excluding carboxylic acids is 2. The molecular weight excluding hydrogens is 247 g/mol. The van der Waals surface area contributed by atoms with Crippen molar-refractivity contribution in [2.75, 3.05) is 13.6 Å². The first-order valence-corrected chi connectivity index (χ1v) is 5.88. The minimum atomic E-state index is -4.47. The number of nitrogens with zero attached hydrogens (tertiary/aromatic N) is 1. The van der Waals surface area contributed by atoms with Gasteiger partial charge in [-0.05, 0) is 5.92 Å². The third kappa shape index (κ3) is 6.61. The Kier molecular flexibility index (Phi) is 6.35. The zero-order valence-electron chi connectivity index (χ0n) is 11.2. The van der Waals surface area contributed by atoms with E-state index >= 15 is 0 Å². The summed E-state index contributed by atoms with van der Waals surface area (Å²) in [6.45, 7) is 5.59. The highest BCUT2D eigenvalue weighted by molar-refractivity contribution is 5.81. The van der Waals surface area contributed by atoms with Crippen LogP contribution in [-0.2, 0) is 9.59 Å². The van der Waals surface area contributed by atoms with Gasteiger partial charge in [0.25, 0.3) is 0 Å².